The van der Waals surface area contributed by atoms with Crippen LogP contribution in [0.15, 0.2) is 4.99 Å². The summed E-state index contributed by atoms with van der Waals surface area (Å²) in [6, 6.07) is 0.473. The maximum absolute atomic E-state index is 5.95. The van der Waals surface area contributed by atoms with Gasteiger partial charge in [0.1, 0.15) is 0 Å². The van der Waals surface area contributed by atoms with Crippen LogP contribution in [0.4, 0.5) is 0 Å². The van der Waals surface area contributed by atoms with Crippen LogP contribution in [0.3, 0.4) is 0 Å². The molecule has 2 aliphatic rings. The Morgan fingerprint density at radius 3 is 2.72 bits per heavy atom. The molecule has 18 heavy (non-hydrogen) atoms. The molecule has 1 aliphatic carbocycles. The third-order valence-corrected chi connectivity index (χ3v) is 4.19. The van der Waals surface area contributed by atoms with Crippen LogP contribution in [0.2, 0.25) is 0 Å². The average molecular weight is 253 g/mol. The van der Waals surface area contributed by atoms with Gasteiger partial charge in [-0.3, -0.25) is 4.99 Å². The fourth-order valence-corrected chi connectivity index (χ4v) is 2.72. The molecule has 1 heterocycles. The highest BCUT2D eigenvalue weighted by Crippen LogP contribution is 2.43. The van der Waals surface area contributed by atoms with Crippen LogP contribution >= 0.6 is 0 Å². The van der Waals surface area contributed by atoms with Crippen LogP contribution in [0.25, 0.3) is 0 Å². The maximum Gasteiger partial charge on any atom is 0.193 e. The Kier molecular flexibility index (Phi) is 3.85. The van der Waals surface area contributed by atoms with E-state index >= 15 is 0 Å². The Bertz CT molecular complexity index is 325. The summed E-state index contributed by atoms with van der Waals surface area (Å²) in [6.45, 7) is 10.8. The maximum atomic E-state index is 5.95. The molecule has 0 spiro atoms. The van der Waals surface area contributed by atoms with Gasteiger partial charge in [0.15, 0.2) is 5.96 Å². The van der Waals surface area contributed by atoms with Gasteiger partial charge in [-0.25, -0.2) is 0 Å². The highest BCUT2D eigenvalue weighted by molar-refractivity contribution is 5.80. The van der Waals surface area contributed by atoms with Gasteiger partial charge < -0.3 is 15.0 Å². The summed E-state index contributed by atoms with van der Waals surface area (Å²) >= 11 is 0. The van der Waals surface area contributed by atoms with Gasteiger partial charge in [-0.1, -0.05) is 13.8 Å². The summed E-state index contributed by atoms with van der Waals surface area (Å²) in [5.74, 6) is 1.06. The Balaban J connectivity index is 1.91. The molecule has 4 heteroatoms. The Labute approximate surface area is 111 Å². The predicted octanol–water partition coefficient (Wildman–Crippen LogP) is 1.86. The first kappa shape index (κ1) is 13.7. The summed E-state index contributed by atoms with van der Waals surface area (Å²) in [4.78, 5) is 6.79. The minimum atomic E-state index is 0.186. The molecular weight excluding hydrogens is 226 g/mol. The number of hydrogen-bond acceptors (Lipinski definition) is 4. The average Bonchev–Trinajstić information content (AvgIpc) is 2.29. The third kappa shape index (κ3) is 2.63. The van der Waals surface area contributed by atoms with Crippen LogP contribution in [-0.2, 0) is 4.74 Å². The summed E-state index contributed by atoms with van der Waals surface area (Å²) < 4.78 is 5.95. The number of aliphatic imine (C=N–C) groups is 1. The molecule has 0 saturated heterocycles. The zero-order valence-corrected chi connectivity index (χ0v) is 12.4. The van der Waals surface area contributed by atoms with E-state index in [1.54, 1.807) is 0 Å². The predicted molar refractivity (Wildman–Crippen MR) is 74.9 cm³/mol. The first-order chi connectivity index (χ1) is 8.41. The van der Waals surface area contributed by atoms with Crippen LogP contribution in [0.5, 0.6) is 0 Å². The number of nitrogens with zero attached hydrogens (tertiary/aromatic N) is 2. The van der Waals surface area contributed by atoms with Crippen LogP contribution in [-0.4, -0.2) is 49.2 Å². The molecule has 4 nitrogen and oxygen atoms in total. The van der Waals surface area contributed by atoms with Crippen LogP contribution in [0.1, 0.15) is 40.5 Å². The van der Waals surface area contributed by atoms with Crippen molar-refractivity contribution in [3.05, 3.63) is 0 Å². The quantitative estimate of drug-likeness (QED) is 0.834. The molecule has 1 saturated carbocycles. The molecule has 2 unspecified atom stereocenters. The second kappa shape index (κ2) is 5.08. The first-order valence-electron chi connectivity index (χ1n) is 7.09. The van der Waals surface area contributed by atoms with Crippen molar-refractivity contribution in [3.63, 3.8) is 0 Å². The summed E-state index contributed by atoms with van der Waals surface area (Å²) in [7, 11) is 2.11. The molecule has 1 N–H and O–H groups in total. The molecule has 104 valence electrons. The van der Waals surface area contributed by atoms with Gasteiger partial charge >= 0.3 is 0 Å². The number of guanidine groups is 1. The SMILES string of the molecule is CC(C)OC1CC(NC2=NCCCN2C)C1(C)C. The Morgan fingerprint density at radius 2 is 2.17 bits per heavy atom. The Hall–Kier alpha value is -0.770. The van der Waals surface area contributed by atoms with Crippen LogP contribution < -0.4 is 5.32 Å². The smallest absolute Gasteiger partial charge is 0.193 e. The molecule has 1 fully saturated rings. The van der Waals surface area contributed by atoms with Crippen molar-refractivity contribution in [2.45, 2.75) is 58.8 Å². The molecule has 0 amide bonds. The first-order valence-corrected chi connectivity index (χ1v) is 7.09. The fourth-order valence-electron chi connectivity index (χ4n) is 2.72. The molecule has 0 aromatic heterocycles. The lowest BCUT2D eigenvalue weighted by Crippen LogP contribution is -2.64. The highest BCUT2D eigenvalue weighted by atomic mass is 16.5. The van der Waals surface area contributed by atoms with Gasteiger partial charge in [0.25, 0.3) is 0 Å². The molecule has 0 aromatic rings. The van der Waals surface area contributed by atoms with Gasteiger partial charge in [-0.2, -0.15) is 0 Å². The molecule has 0 radical (unpaired) electrons. The summed E-state index contributed by atoms with van der Waals surface area (Å²) in [6.07, 6.45) is 2.92. The molecular formula is C14H27N3O. The van der Waals surface area contributed by atoms with Gasteiger partial charge in [0.2, 0.25) is 0 Å². The molecule has 2 atom stereocenters. The third-order valence-electron chi connectivity index (χ3n) is 4.19. The van der Waals surface area contributed by atoms with Gasteiger partial charge in [0, 0.05) is 31.6 Å². The van der Waals surface area contributed by atoms with E-state index in [1.165, 1.54) is 0 Å². The van der Waals surface area contributed by atoms with Crippen molar-refractivity contribution in [1.82, 2.24) is 10.2 Å². The van der Waals surface area contributed by atoms with E-state index in [9.17, 15) is 0 Å². The van der Waals surface area contributed by atoms with Crippen molar-refractivity contribution in [3.8, 4) is 0 Å². The van der Waals surface area contributed by atoms with E-state index in [4.69, 9.17) is 4.74 Å². The van der Waals surface area contributed by atoms with Crippen LogP contribution in [0, 0.1) is 5.41 Å². The fraction of sp³-hybridized carbons (Fsp3) is 0.929. The van der Waals surface area contributed by atoms with E-state index in [0.717, 1.165) is 31.9 Å². The van der Waals surface area contributed by atoms with Gasteiger partial charge in [0.05, 0.1) is 12.2 Å². The van der Waals surface area contributed by atoms with Crippen molar-refractivity contribution in [1.29, 1.82) is 0 Å². The second-order valence-corrected chi connectivity index (χ2v) is 6.41. The minimum Gasteiger partial charge on any atom is -0.375 e. The zero-order chi connectivity index (χ0) is 13.3. The Morgan fingerprint density at radius 1 is 1.44 bits per heavy atom. The number of nitrogens with one attached hydrogen (secondary N) is 1. The lowest BCUT2D eigenvalue weighted by Gasteiger charge is -2.53. The summed E-state index contributed by atoms with van der Waals surface area (Å²) in [5, 5.41) is 3.59. The largest absolute Gasteiger partial charge is 0.375 e. The zero-order valence-electron chi connectivity index (χ0n) is 12.4. The second-order valence-electron chi connectivity index (χ2n) is 6.41. The number of ether oxygens (including phenoxy) is 1. The number of hydrogen-bond donors (Lipinski definition) is 1. The normalized spacial score (nSPS) is 31.0. The highest BCUT2D eigenvalue weighted by Gasteiger charge is 2.50. The minimum absolute atomic E-state index is 0.186. The monoisotopic (exact) mass is 253 g/mol. The van der Waals surface area contributed by atoms with Crippen molar-refractivity contribution < 1.29 is 4.74 Å². The molecule has 0 aromatic carbocycles. The lowest BCUT2D eigenvalue weighted by atomic mass is 9.64. The van der Waals surface area contributed by atoms with Crippen molar-refractivity contribution >= 4 is 5.96 Å². The summed E-state index contributed by atoms with van der Waals surface area (Å²) in [5.41, 5.74) is 0.186. The standard InChI is InChI=1S/C14H27N3O/c1-10(2)18-12-9-11(14(12,3)4)16-13-15-7-6-8-17(13)5/h10-12H,6-9H2,1-5H3,(H,15,16). The van der Waals surface area contributed by atoms with Crippen molar-refractivity contribution in [2.24, 2.45) is 10.4 Å². The van der Waals surface area contributed by atoms with E-state index in [0.29, 0.717) is 18.2 Å². The van der Waals surface area contributed by atoms with Gasteiger partial charge in [-0.15, -0.1) is 0 Å². The molecule has 2 rings (SSSR count). The van der Waals surface area contributed by atoms with E-state index in [-0.39, 0.29) is 5.41 Å². The van der Waals surface area contributed by atoms with E-state index < -0.39 is 0 Å². The van der Waals surface area contributed by atoms with E-state index in [2.05, 4.69) is 50.0 Å². The number of rotatable bonds is 3. The molecule has 1 aliphatic heterocycles. The van der Waals surface area contributed by atoms with Gasteiger partial charge in [-0.05, 0) is 26.7 Å². The topological polar surface area (TPSA) is 36.9 Å². The van der Waals surface area contributed by atoms with Crippen molar-refractivity contribution in [2.75, 3.05) is 20.1 Å². The van der Waals surface area contributed by atoms with E-state index in [1.807, 2.05) is 0 Å². The molecule has 0 bridgehead atoms. The lowest BCUT2D eigenvalue weighted by molar-refractivity contribution is -0.135.